The minimum Gasteiger partial charge on any atom is -0.497 e. The fraction of sp³-hybridized carbons (Fsp3) is 0.467. The second kappa shape index (κ2) is 4.44. The van der Waals surface area contributed by atoms with E-state index in [0.29, 0.717) is 5.41 Å². The third-order valence-corrected chi connectivity index (χ3v) is 3.08. The largest absolute Gasteiger partial charge is 0.497 e. The van der Waals surface area contributed by atoms with E-state index >= 15 is 0 Å². The van der Waals surface area contributed by atoms with Gasteiger partial charge in [0, 0.05) is 23.6 Å². The van der Waals surface area contributed by atoms with Gasteiger partial charge in [-0.25, -0.2) is 0 Å². The lowest BCUT2D eigenvalue weighted by molar-refractivity contribution is 0.353. The Bertz CT molecular complexity index is 505. The molecule has 0 N–H and O–H groups in total. The van der Waals surface area contributed by atoms with Gasteiger partial charge in [0.2, 0.25) is 0 Å². The lowest BCUT2D eigenvalue weighted by Gasteiger charge is -2.18. The van der Waals surface area contributed by atoms with Crippen LogP contribution in [0, 0.1) is 5.41 Å². The summed E-state index contributed by atoms with van der Waals surface area (Å²) in [6.07, 6.45) is 3.35. The van der Waals surface area contributed by atoms with Crippen molar-refractivity contribution in [2.24, 2.45) is 5.41 Å². The molecule has 0 aliphatic rings. The van der Waals surface area contributed by atoms with Crippen molar-refractivity contribution in [2.45, 2.75) is 33.7 Å². The Morgan fingerprint density at radius 1 is 1.18 bits per heavy atom. The molecule has 0 bridgehead atoms. The van der Waals surface area contributed by atoms with Gasteiger partial charge < -0.3 is 9.30 Å². The maximum absolute atomic E-state index is 5.24. The van der Waals surface area contributed by atoms with Gasteiger partial charge in [0.1, 0.15) is 5.75 Å². The molecule has 0 fully saturated rings. The molecule has 2 nitrogen and oxygen atoms in total. The van der Waals surface area contributed by atoms with Crippen LogP contribution >= 0.6 is 0 Å². The molecule has 0 spiro atoms. The molecule has 2 heteroatoms. The van der Waals surface area contributed by atoms with Crippen LogP contribution in [-0.2, 0) is 6.54 Å². The van der Waals surface area contributed by atoms with Crippen molar-refractivity contribution in [1.29, 1.82) is 0 Å². The van der Waals surface area contributed by atoms with Crippen LogP contribution < -0.4 is 4.74 Å². The van der Waals surface area contributed by atoms with Gasteiger partial charge in [-0.2, -0.15) is 0 Å². The van der Waals surface area contributed by atoms with Crippen molar-refractivity contribution in [3.63, 3.8) is 0 Å². The number of hydrogen-bond acceptors (Lipinski definition) is 1. The Hall–Kier alpha value is -1.44. The first kappa shape index (κ1) is 12.0. The molecule has 0 atom stereocenters. The van der Waals surface area contributed by atoms with E-state index in [1.807, 2.05) is 6.07 Å². The molecular weight excluding hydrogens is 210 g/mol. The normalized spacial score (nSPS) is 12.0. The molecule has 1 heterocycles. The highest BCUT2D eigenvalue weighted by atomic mass is 16.5. The average molecular weight is 231 g/mol. The van der Waals surface area contributed by atoms with Gasteiger partial charge in [0.15, 0.2) is 0 Å². The molecule has 2 aromatic rings. The Kier molecular flexibility index (Phi) is 3.14. The zero-order chi connectivity index (χ0) is 12.5. The number of aryl methyl sites for hydroxylation is 1. The molecule has 1 aromatic heterocycles. The fourth-order valence-corrected chi connectivity index (χ4v) is 1.96. The topological polar surface area (TPSA) is 14.2 Å². The van der Waals surface area contributed by atoms with Gasteiger partial charge in [0.05, 0.1) is 7.11 Å². The van der Waals surface area contributed by atoms with Gasteiger partial charge in [-0.15, -0.1) is 0 Å². The predicted octanol–water partition coefficient (Wildman–Crippen LogP) is 4.09. The third kappa shape index (κ3) is 2.82. The Balaban J connectivity index is 2.24. The second-order valence-electron chi connectivity index (χ2n) is 5.74. The summed E-state index contributed by atoms with van der Waals surface area (Å²) >= 11 is 0. The summed E-state index contributed by atoms with van der Waals surface area (Å²) in [6, 6.07) is 8.40. The minimum absolute atomic E-state index is 0.378. The minimum atomic E-state index is 0.378. The van der Waals surface area contributed by atoms with Crippen LogP contribution in [0.25, 0.3) is 10.9 Å². The zero-order valence-corrected chi connectivity index (χ0v) is 11.2. The van der Waals surface area contributed by atoms with E-state index in [1.165, 1.54) is 17.3 Å². The molecule has 0 unspecified atom stereocenters. The maximum Gasteiger partial charge on any atom is 0.119 e. The number of fused-ring (bicyclic) bond motifs is 1. The Labute approximate surface area is 103 Å². The molecule has 17 heavy (non-hydrogen) atoms. The number of aromatic nitrogens is 1. The van der Waals surface area contributed by atoms with E-state index in [-0.39, 0.29) is 0 Å². The first-order chi connectivity index (χ1) is 7.99. The molecule has 1 aromatic carbocycles. The molecule has 0 amide bonds. The number of ether oxygens (including phenoxy) is 1. The second-order valence-corrected chi connectivity index (χ2v) is 5.74. The molecule has 2 rings (SSSR count). The van der Waals surface area contributed by atoms with Crippen LogP contribution in [0.3, 0.4) is 0 Å². The van der Waals surface area contributed by atoms with E-state index in [1.54, 1.807) is 7.11 Å². The van der Waals surface area contributed by atoms with Crippen LogP contribution in [0.5, 0.6) is 5.75 Å². The van der Waals surface area contributed by atoms with Crippen molar-refractivity contribution in [2.75, 3.05) is 7.11 Å². The smallest absolute Gasteiger partial charge is 0.119 e. The molecule has 0 radical (unpaired) electrons. The molecule has 92 valence electrons. The van der Waals surface area contributed by atoms with E-state index in [2.05, 4.69) is 49.7 Å². The molecule has 0 saturated heterocycles. The summed E-state index contributed by atoms with van der Waals surface area (Å²) in [6.45, 7) is 7.91. The van der Waals surface area contributed by atoms with Crippen molar-refractivity contribution >= 4 is 10.9 Å². The highest BCUT2D eigenvalue weighted by molar-refractivity contribution is 5.81. The number of nitrogens with zero attached hydrogens (tertiary/aromatic N) is 1. The first-order valence-electron chi connectivity index (χ1n) is 6.12. The highest BCUT2D eigenvalue weighted by Gasteiger charge is 2.11. The maximum atomic E-state index is 5.24. The van der Waals surface area contributed by atoms with Gasteiger partial charge in [-0.3, -0.25) is 0 Å². The van der Waals surface area contributed by atoms with Gasteiger partial charge in [0.25, 0.3) is 0 Å². The van der Waals surface area contributed by atoms with Gasteiger partial charge in [-0.1, -0.05) is 20.8 Å². The van der Waals surface area contributed by atoms with E-state index in [0.717, 1.165) is 12.3 Å². The number of benzene rings is 1. The van der Waals surface area contributed by atoms with Crippen molar-refractivity contribution in [1.82, 2.24) is 4.57 Å². The van der Waals surface area contributed by atoms with Crippen LogP contribution in [0.4, 0.5) is 0 Å². The van der Waals surface area contributed by atoms with E-state index < -0.39 is 0 Å². The quantitative estimate of drug-likeness (QED) is 0.776. The lowest BCUT2D eigenvalue weighted by Crippen LogP contribution is -2.09. The summed E-state index contributed by atoms with van der Waals surface area (Å²) in [7, 11) is 1.71. The summed E-state index contributed by atoms with van der Waals surface area (Å²) in [5.41, 5.74) is 1.67. The third-order valence-electron chi connectivity index (χ3n) is 3.08. The van der Waals surface area contributed by atoms with Gasteiger partial charge >= 0.3 is 0 Å². The van der Waals surface area contributed by atoms with Crippen LogP contribution in [0.2, 0.25) is 0 Å². The fourth-order valence-electron chi connectivity index (χ4n) is 1.96. The molecular formula is C15H21NO. The SMILES string of the molecule is COc1ccc2c(ccn2CCC(C)(C)C)c1. The average Bonchev–Trinajstić information content (AvgIpc) is 2.67. The standard InChI is InChI=1S/C15H21NO/c1-15(2,3)8-10-16-9-7-12-11-13(17-4)5-6-14(12)16/h5-7,9,11H,8,10H2,1-4H3. The van der Waals surface area contributed by atoms with E-state index in [4.69, 9.17) is 4.74 Å². The molecule has 0 aliphatic carbocycles. The van der Waals surface area contributed by atoms with Crippen molar-refractivity contribution in [3.8, 4) is 5.75 Å². The predicted molar refractivity (Wildman–Crippen MR) is 72.6 cm³/mol. The van der Waals surface area contributed by atoms with Crippen LogP contribution in [0.15, 0.2) is 30.5 Å². The Morgan fingerprint density at radius 2 is 1.94 bits per heavy atom. The summed E-state index contributed by atoms with van der Waals surface area (Å²) < 4.78 is 7.56. The lowest BCUT2D eigenvalue weighted by atomic mass is 9.92. The van der Waals surface area contributed by atoms with Crippen LogP contribution in [0.1, 0.15) is 27.2 Å². The van der Waals surface area contributed by atoms with E-state index in [9.17, 15) is 0 Å². The Morgan fingerprint density at radius 3 is 2.59 bits per heavy atom. The van der Waals surface area contributed by atoms with Gasteiger partial charge in [-0.05, 0) is 36.1 Å². The van der Waals surface area contributed by atoms with Crippen LogP contribution in [-0.4, -0.2) is 11.7 Å². The number of hydrogen-bond donors (Lipinski definition) is 0. The molecule has 0 saturated carbocycles. The highest BCUT2D eigenvalue weighted by Crippen LogP contribution is 2.24. The monoisotopic (exact) mass is 231 g/mol. The van der Waals surface area contributed by atoms with Crippen molar-refractivity contribution < 1.29 is 4.74 Å². The summed E-state index contributed by atoms with van der Waals surface area (Å²) in [5.74, 6) is 0.922. The zero-order valence-electron chi connectivity index (χ0n) is 11.2. The first-order valence-corrected chi connectivity index (χ1v) is 6.12. The van der Waals surface area contributed by atoms with Crippen molar-refractivity contribution in [3.05, 3.63) is 30.5 Å². The summed E-state index contributed by atoms with van der Waals surface area (Å²) in [4.78, 5) is 0. The number of methoxy groups -OCH3 is 1. The molecule has 0 aliphatic heterocycles. The summed E-state index contributed by atoms with van der Waals surface area (Å²) in [5, 5.41) is 1.25. The number of rotatable bonds is 3.